The summed E-state index contributed by atoms with van der Waals surface area (Å²) >= 11 is 0. The lowest BCUT2D eigenvalue weighted by Crippen LogP contribution is -2.59. The number of halogens is 1. The Hall–Kier alpha value is -1.29. The first-order valence-electron chi connectivity index (χ1n) is 9.93. The number of hydrogen-bond donors (Lipinski definition) is 0. The van der Waals surface area contributed by atoms with E-state index in [0.717, 1.165) is 12.8 Å². The maximum absolute atomic E-state index is 15.3. The van der Waals surface area contributed by atoms with Crippen LogP contribution < -0.4 is 0 Å². The van der Waals surface area contributed by atoms with E-state index in [4.69, 9.17) is 4.74 Å². The average Bonchev–Trinajstić information content (AvgIpc) is 3.19. The van der Waals surface area contributed by atoms with Gasteiger partial charge in [-0.05, 0) is 74.0 Å². The summed E-state index contributed by atoms with van der Waals surface area (Å²) in [4.78, 5) is 24.3. The van der Waals surface area contributed by atoms with Crippen LogP contribution in [-0.4, -0.2) is 29.4 Å². The summed E-state index contributed by atoms with van der Waals surface area (Å²) in [5, 5.41) is 0. The van der Waals surface area contributed by atoms with E-state index in [1.165, 1.54) is 6.08 Å². The molecule has 26 heavy (non-hydrogen) atoms. The highest BCUT2D eigenvalue weighted by Crippen LogP contribution is 2.76. The van der Waals surface area contributed by atoms with Gasteiger partial charge in [-0.15, -0.1) is 0 Å². The van der Waals surface area contributed by atoms with Crippen LogP contribution in [0.1, 0.15) is 47.0 Å². The van der Waals surface area contributed by atoms with Gasteiger partial charge in [0.1, 0.15) is 17.6 Å². The molecule has 4 heteroatoms. The smallest absolute Gasteiger partial charge is 0.178 e. The third-order valence-electron chi connectivity index (χ3n) is 8.70. The highest BCUT2D eigenvalue weighted by Gasteiger charge is 2.80. The van der Waals surface area contributed by atoms with Crippen LogP contribution in [0.5, 0.6) is 0 Å². The van der Waals surface area contributed by atoms with Crippen LogP contribution >= 0.6 is 0 Å². The molecular weight excluding hydrogens is 331 g/mol. The van der Waals surface area contributed by atoms with E-state index in [-0.39, 0.29) is 34.9 Å². The summed E-state index contributed by atoms with van der Waals surface area (Å²) in [5.74, 6) is 0.919. The summed E-state index contributed by atoms with van der Waals surface area (Å²) in [7, 11) is 0. The predicted molar refractivity (Wildman–Crippen MR) is 95.1 cm³/mol. The molecule has 0 bridgehead atoms. The van der Waals surface area contributed by atoms with Crippen LogP contribution in [0.2, 0.25) is 0 Å². The number of allylic oxidation sites excluding steroid dienone is 2. The summed E-state index contributed by atoms with van der Waals surface area (Å²) in [6, 6.07) is 0. The van der Waals surface area contributed by atoms with Gasteiger partial charge in [-0.25, -0.2) is 4.39 Å². The molecule has 3 nitrogen and oxygen atoms in total. The van der Waals surface area contributed by atoms with E-state index in [1.807, 2.05) is 13.0 Å². The number of rotatable bonds is 1. The minimum atomic E-state index is -1.11. The number of hydrogen-bond acceptors (Lipinski definition) is 3. The molecule has 1 saturated heterocycles. The van der Waals surface area contributed by atoms with Gasteiger partial charge in [0, 0.05) is 11.3 Å². The van der Waals surface area contributed by atoms with Crippen molar-refractivity contribution >= 4 is 11.6 Å². The Labute approximate surface area is 154 Å². The second kappa shape index (κ2) is 4.76. The Kier molecular flexibility index (Phi) is 3.08. The molecule has 0 radical (unpaired) electrons. The van der Waals surface area contributed by atoms with Gasteiger partial charge in [0.05, 0.1) is 6.10 Å². The highest BCUT2D eigenvalue weighted by molar-refractivity contribution is 6.01. The number of fused-ring (bicyclic) bond motifs is 3. The van der Waals surface area contributed by atoms with Crippen LogP contribution in [0.3, 0.4) is 0 Å². The van der Waals surface area contributed by atoms with E-state index in [9.17, 15) is 9.59 Å². The maximum atomic E-state index is 15.3. The van der Waals surface area contributed by atoms with E-state index < -0.39 is 17.2 Å². The molecule has 0 aromatic heterocycles. The van der Waals surface area contributed by atoms with E-state index in [1.54, 1.807) is 13.0 Å². The Morgan fingerprint density at radius 1 is 1.27 bits per heavy atom. The molecule has 3 saturated carbocycles. The monoisotopic (exact) mass is 358 g/mol. The SMILES string of the molecule is CC(=O)[C@H]1[C@H](C)C[C@H]2[C@@H]3C[C@H](F)C4=CC(=O)C=C[C@]4(C)[C@@]34O[C@H]4C[C@@]21C. The average molecular weight is 358 g/mol. The number of alkyl halides is 1. The van der Waals surface area contributed by atoms with Crippen molar-refractivity contribution in [2.75, 3.05) is 0 Å². The number of carbonyl (C=O) groups is 2. The molecule has 5 rings (SSSR count). The van der Waals surface area contributed by atoms with Crippen molar-refractivity contribution in [2.45, 2.75) is 64.8 Å². The number of carbonyl (C=O) groups excluding carboxylic acids is 2. The lowest BCUT2D eigenvalue weighted by atomic mass is 9.47. The van der Waals surface area contributed by atoms with Crippen molar-refractivity contribution < 1.29 is 18.7 Å². The van der Waals surface area contributed by atoms with Gasteiger partial charge in [0.25, 0.3) is 0 Å². The lowest BCUT2D eigenvalue weighted by molar-refractivity contribution is -0.127. The predicted octanol–water partition coefficient (Wildman–Crippen LogP) is 3.82. The van der Waals surface area contributed by atoms with E-state index >= 15 is 4.39 Å². The Morgan fingerprint density at radius 2 is 2.00 bits per heavy atom. The van der Waals surface area contributed by atoms with Crippen LogP contribution in [0.4, 0.5) is 4.39 Å². The molecule has 9 atom stereocenters. The summed E-state index contributed by atoms with van der Waals surface area (Å²) in [6.45, 7) is 8.17. The maximum Gasteiger partial charge on any atom is 0.178 e. The summed E-state index contributed by atoms with van der Waals surface area (Å²) in [6.07, 6.45) is 6.16. The molecule has 0 N–H and O–H groups in total. The zero-order valence-corrected chi connectivity index (χ0v) is 15.9. The third-order valence-corrected chi connectivity index (χ3v) is 8.70. The molecule has 1 spiro atoms. The van der Waals surface area contributed by atoms with Crippen molar-refractivity contribution in [1.82, 2.24) is 0 Å². The van der Waals surface area contributed by atoms with Crippen molar-refractivity contribution in [1.29, 1.82) is 0 Å². The molecular formula is C22H27FO3. The molecule has 0 unspecified atom stereocenters. The quantitative estimate of drug-likeness (QED) is 0.670. The van der Waals surface area contributed by atoms with Crippen molar-refractivity contribution in [3.63, 3.8) is 0 Å². The van der Waals surface area contributed by atoms with Gasteiger partial charge < -0.3 is 4.74 Å². The first-order valence-corrected chi connectivity index (χ1v) is 9.93. The molecule has 0 aromatic carbocycles. The molecule has 1 heterocycles. The van der Waals surface area contributed by atoms with Crippen LogP contribution in [-0.2, 0) is 14.3 Å². The van der Waals surface area contributed by atoms with Crippen LogP contribution in [0.25, 0.3) is 0 Å². The number of ketones is 2. The fourth-order valence-corrected chi connectivity index (χ4v) is 7.87. The minimum absolute atomic E-state index is 0.0426. The Balaban J connectivity index is 1.62. The van der Waals surface area contributed by atoms with Gasteiger partial charge >= 0.3 is 0 Å². The van der Waals surface area contributed by atoms with Crippen molar-refractivity contribution in [3.8, 4) is 0 Å². The fourth-order valence-electron chi connectivity index (χ4n) is 7.87. The zero-order chi connectivity index (χ0) is 18.6. The largest absolute Gasteiger partial charge is 0.364 e. The minimum Gasteiger partial charge on any atom is -0.364 e. The fraction of sp³-hybridized carbons (Fsp3) is 0.727. The molecule has 1 aliphatic heterocycles. The standard InChI is InChI=1S/C22H27FO3/c1-11-7-14-15-9-17(23)16-8-13(25)5-6-21(16,4)22(15)18(26-22)10-20(14,3)19(11)12(2)24/h5-6,8,11,14-15,17-19H,7,9-10H2,1-4H3/t11-,14+,15+,17+,18+,19-,20+,21+,22-/m1/s1. The second-order valence-corrected chi connectivity index (χ2v) is 9.86. The molecule has 140 valence electrons. The highest BCUT2D eigenvalue weighted by atomic mass is 19.1. The number of ether oxygens (including phenoxy) is 1. The van der Waals surface area contributed by atoms with E-state index in [2.05, 4.69) is 13.8 Å². The van der Waals surface area contributed by atoms with Gasteiger partial charge in [-0.3, -0.25) is 9.59 Å². The summed E-state index contributed by atoms with van der Waals surface area (Å²) in [5.41, 5.74) is -0.450. The van der Waals surface area contributed by atoms with Crippen molar-refractivity contribution in [2.24, 2.45) is 34.5 Å². The second-order valence-electron chi connectivity index (χ2n) is 9.86. The Morgan fingerprint density at radius 3 is 2.69 bits per heavy atom. The number of epoxide rings is 1. The molecule has 0 aromatic rings. The number of Topliss-reactive ketones (excluding diaryl/α,β-unsaturated/α-hetero) is 1. The molecule has 4 fully saturated rings. The molecule has 4 aliphatic carbocycles. The molecule has 0 amide bonds. The van der Waals surface area contributed by atoms with Gasteiger partial charge in [-0.1, -0.05) is 19.9 Å². The first kappa shape index (κ1) is 16.9. The van der Waals surface area contributed by atoms with Crippen molar-refractivity contribution in [3.05, 3.63) is 23.8 Å². The first-order chi connectivity index (χ1) is 12.1. The zero-order valence-electron chi connectivity index (χ0n) is 15.9. The topological polar surface area (TPSA) is 46.7 Å². The van der Waals surface area contributed by atoms with E-state index in [0.29, 0.717) is 23.8 Å². The summed E-state index contributed by atoms with van der Waals surface area (Å²) < 4.78 is 21.7. The third kappa shape index (κ3) is 1.68. The van der Waals surface area contributed by atoms with Crippen LogP contribution in [0.15, 0.2) is 23.8 Å². The lowest BCUT2D eigenvalue weighted by Gasteiger charge is -2.55. The van der Waals surface area contributed by atoms with Gasteiger partial charge in [0.15, 0.2) is 5.78 Å². The van der Waals surface area contributed by atoms with Gasteiger partial charge in [-0.2, -0.15) is 0 Å². The Bertz CT molecular complexity index is 784. The molecule has 5 aliphatic rings. The normalized spacial score (nSPS) is 56.8. The van der Waals surface area contributed by atoms with Crippen LogP contribution in [0, 0.1) is 34.5 Å². The van der Waals surface area contributed by atoms with Gasteiger partial charge in [0.2, 0.25) is 0 Å².